The van der Waals surface area contributed by atoms with Crippen LogP contribution >= 0.6 is 23.8 Å². The van der Waals surface area contributed by atoms with Crippen molar-refractivity contribution in [3.05, 3.63) is 34.9 Å². The van der Waals surface area contributed by atoms with Crippen LogP contribution in [-0.4, -0.2) is 66.5 Å². The van der Waals surface area contributed by atoms with Gasteiger partial charge in [0.15, 0.2) is 5.79 Å². The molecular formula is C23H35ClN2O2S. The third-order valence-corrected chi connectivity index (χ3v) is 7.31. The van der Waals surface area contributed by atoms with Gasteiger partial charge in [0, 0.05) is 51.1 Å². The summed E-state index contributed by atoms with van der Waals surface area (Å²) >= 11 is 12.2. The number of hydrogen-bond acceptors (Lipinski definition) is 4. The highest BCUT2D eigenvalue weighted by Gasteiger charge is 2.46. The van der Waals surface area contributed by atoms with Crippen LogP contribution in [0.3, 0.4) is 0 Å². The highest BCUT2D eigenvalue weighted by atomic mass is 35.5. The predicted molar refractivity (Wildman–Crippen MR) is 124 cm³/mol. The second-order valence-corrected chi connectivity index (χ2v) is 9.19. The number of nitrogens with zero attached hydrogens (tertiary/aromatic N) is 2. The second kappa shape index (κ2) is 10.5. The summed E-state index contributed by atoms with van der Waals surface area (Å²) in [5.74, 6) is -0.518. The number of benzene rings is 1. The SMILES string of the molecule is CCN(C(=S)Cc1cccc(Cl)c1)C1CC(OC)(OC)CCC1N1CCCCC1. The Morgan fingerprint density at radius 3 is 2.59 bits per heavy atom. The summed E-state index contributed by atoms with van der Waals surface area (Å²) in [4.78, 5) is 6.08. The Balaban J connectivity index is 1.82. The highest BCUT2D eigenvalue weighted by molar-refractivity contribution is 7.80. The van der Waals surface area contributed by atoms with Gasteiger partial charge in [-0.05, 0) is 57.0 Å². The summed E-state index contributed by atoms with van der Waals surface area (Å²) in [6.07, 6.45) is 7.51. The minimum atomic E-state index is -0.518. The maximum atomic E-state index is 6.19. The predicted octanol–water partition coefficient (Wildman–Crippen LogP) is 4.93. The third-order valence-electron chi connectivity index (χ3n) is 6.69. The third kappa shape index (κ3) is 5.50. The number of piperidine rings is 1. The normalized spacial score (nSPS) is 25.0. The number of rotatable bonds is 7. The summed E-state index contributed by atoms with van der Waals surface area (Å²) in [6, 6.07) is 8.80. The van der Waals surface area contributed by atoms with Crippen LogP contribution in [0.4, 0.5) is 0 Å². The van der Waals surface area contributed by atoms with Gasteiger partial charge in [-0.2, -0.15) is 0 Å². The maximum absolute atomic E-state index is 6.19. The van der Waals surface area contributed by atoms with Crippen LogP contribution in [0.15, 0.2) is 24.3 Å². The van der Waals surface area contributed by atoms with Crippen LogP contribution in [-0.2, 0) is 15.9 Å². The molecule has 2 fully saturated rings. The zero-order valence-corrected chi connectivity index (χ0v) is 19.6. The Hall–Kier alpha value is -0.720. The quantitative estimate of drug-likeness (QED) is 0.444. The molecule has 0 amide bonds. The van der Waals surface area contributed by atoms with E-state index in [-0.39, 0.29) is 0 Å². The molecule has 162 valence electrons. The minimum Gasteiger partial charge on any atom is -0.361 e. The van der Waals surface area contributed by atoms with E-state index in [9.17, 15) is 0 Å². The molecule has 0 spiro atoms. The van der Waals surface area contributed by atoms with E-state index in [1.54, 1.807) is 14.2 Å². The minimum absolute atomic E-state index is 0.290. The standard InChI is InChI=1S/C23H35ClN2O2S/c1-4-26(22(29)16-18-9-8-10-19(24)15-18)21-17-23(27-2,28-3)12-11-20(21)25-13-6-5-7-14-25/h8-10,15,20-21H,4-7,11-14,16-17H2,1-3H3. The molecule has 6 heteroatoms. The molecule has 0 bridgehead atoms. The van der Waals surface area contributed by atoms with Crippen LogP contribution in [0.2, 0.25) is 5.02 Å². The maximum Gasteiger partial charge on any atom is 0.169 e. The van der Waals surface area contributed by atoms with Gasteiger partial charge in [0.1, 0.15) is 0 Å². The lowest BCUT2D eigenvalue weighted by Crippen LogP contribution is -2.61. The zero-order chi connectivity index (χ0) is 20.9. The van der Waals surface area contributed by atoms with Gasteiger partial charge in [-0.15, -0.1) is 0 Å². The first-order valence-corrected chi connectivity index (χ1v) is 11.7. The van der Waals surface area contributed by atoms with Gasteiger partial charge >= 0.3 is 0 Å². The summed E-state index contributed by atoms with van der Waals surface area (Å²) in [5.41, 5.74) is 1.16. The number of ether oxygens (including phenoxy) is 2. The van der Waals surface area contributed by atoms with Crippen molar-refractivity contribution >= 4 is 28.8 Å². The monoisotopic (exact) mass is 438 g/mol. The van der Waals surface area contributed by atoms with Crippen molar-refractivity contribution < 1.29 is 9.47 Å². The molecule has 1 saturated carbocycles. The molecule has 2 unspecified atom stereocenters. The molecule has 1 saturated heterocycles. The molecule has 1 aromatic carbocycles. The Morgan fingerprint density at radius 2 is 1.97 bits per heavy atom. The number of likely N-dealkylation sites (N-methyl/N-ethyl adjacent to an activating group) is 1. The zero-order valence-electron chi connectivity index (χ0n) is 18.0. The van der Waals surface area contributed by atoms with E-state index in [2.05, 4.69) is 22.8 Å². The molecule has 3 rings (SSSR count). The van der Waals surface area contributed by atoms with Crippen molar-refractivity contribution in [1.82, 2.24) is 9.80 Å². The molecule has 0 N–H and O–H groups in total. The topological polar surface area (TPSA) is 24.9 Å². The smallest absolute Gasteiger partial charge is 0.169 e. The summed E-state index contributed by atoms with van der Waals surface area (Å²) in [6.45, 7) is 5.46. The van der Waals surface area contributed by atoms with E-state index in [1.165, 1.54) is 32.4 Å². The molecule has 4 nitrogen and oxygen atoms in total. The van der Waals surface area contributed by atoms with Crippen molar-refractivity contribution in [2.24, 2.45) is 0 Å². The fourth-order valence-corrected chi connectivity index (χ4v) is 5.73. The van der Waals surface area contributed by atoms with E-state index in [0.29, 0.717) is 12.1 Å². The van der Waals surface area contributed by atoms with Crippen molar-refractivity contribution in [1.29, 1.82) is 0 Å². The lowest BCUT2D eigenvalue weighted by Gasteiger charge is -2.51. The Morgan fingerprint density at radius 1 is 1.24 bits per heavy atom. The lowest BCUT2D eigenvalue weighted by molar-refractivity contribution is -0.237. The van der Waals surface area contributed by atoms with Gasteiger partial charge in [0.25, 0.3) is 0 Å². The Labute approximate surface area is 186 Å². The number of thiocarbonyl (C=S) groups is 1. The number of likely N-dealkylation sites (tertiary alicyclic amines) is 1. The van der Waals surface area contributed by atoms with E-state index in [4.69, 9.17) is 33.3 Å². The van der Waals surface area contributed by atoms with Crippen molar-refractivity contribution in [2.75, 3.05) is 33.9 Å². The molecule has 2 atom stereocenters. The summed E-state index contributed by atoms with van der Waals surface area (Å²) in [7, 11) is 3.53. The molecule has 1 aliphatic heterocycles. The first-order chi connectivity index (χ1) is 14.0. The molecule has 1 aliphatic carbocycles. The molecule has 2 aliphatic rings. The fraction of sp³-hybridized carbons (Fsp3) is 0.696. The number of hydrogen-bond donors (Lipinski definition) is 0. The van der Waals surface area contributed by atoms with Crippen LogP contribution in [0.1, 0.15) is 51.0 Å². The largest absolute Gasteiger partial charge is 0.361 e. The van der Waals surface area contributed by atoms with E-state index in [1.807, 2.05) is 18.2 Å². The first-order valence-electron chi connectivity index (χ1n) is 10.9. The van der Waals surface area contributed by atoms with Gasteiger partial charge in [-0.3, -0.25) is 4.90 Å². The fourth-order valence-electron chi connectivity index (χ4n) is 5.08. The number of methoxy groups -OCH3 is 2. The molecule has 29 heavy (non-hydrogen) atoms. The second-order valence-electron chi connectivity index (χ2n) is 8.28. The van der Waals surface area contributed by atoms with E-state index >= 15 is 0 Å². The van der Waals surface area contributed by atoms with Crippen LogP contribution in [0, 0.1) is 0 Å². The Kier molecular flexibility index (Phi) is 8.34. The van der Waals surface area contributed by atoms with Crippen LogP contribution < -0.4 is 0 Å². The van der Waals surface area contributed by atoms with Crippen molar-refractivity contribution in [3.63, 3.8) is 0 Å². The number of halogens is 1. The Bertz CT molecular complexity index is 677. The molecule has 1 heterocycles. The lowest BCUT2D eigenvalue weighted by atomic mass is 9.82. The average molecular weight is 439 g/mol. The van der Waals surface area contributed by atoms with Crippen LogP contribution in [0.5, 0.6) is 0 Å². The van der Waals surface area contributed by atoms with Crippen molar-refractivity contribution in [3.8, 4) is 0 Å². The van der Waals surface area contributed by atoms with E-state index in [0.717, 1.165) is 47.8 Å². The summed E-state index contributed by atoms with van der Waals surface area (Å²) < 4.78 is 11.7. The summed E-state index contributed by atoms with van der Waals surface area (Å²) in [5, 5.41) is 0.759. The van der Waals surface area contributed by atoms with Crippen molar-refractivity contribution in [2.45, 2.75) is 69.7 Å². The highest BCUT2D eigenvalue weighted by Crippen LogP contribution is 2.38. The van der Waals surface area contributed by atoms with Crippen LogP contribution in [0.25, 0.3) is 0 Å². The molecule has 0 radical (unpaired) electrons. The molecular weight excluding hydrogens is 404 g/mol. The van der Waals surface area contributed by atoms with Gasteiger partial charge in [0.2, 0.25) is 0 Å². The van der Waals surface area contributed by atoms with Gasteiger partial charge in [0.05, 0.1) is 11.0 Å². The van der Waals surface area contributed by atoms with Gasteiger partial charge in [-0.25, -0.2) is 0 Å². The van der Waals surface area contributed by atoms with Gasteiger partial charge in [-0.1, -0.05) is 42.4 Å². The molecule has 0 aromatic heterocycles. The first kappa shape index (κ1) is 23.0. The van der Waals surface area contributed by atoms with E-state index < -0.39 is 5.79 Å². The van der Waals surface area contributed by atoms with Gasteiger partial charge < -0.3 is 14.4 Å². The average Bonchev–Trinajstić information content (AvgIpc) is 2.75. The molecule has 1 aromatic rings.